The molecule has 0 spiro atoms. The minimum atomic E-state index is -0.530. The normalized spacial score (nSPS) is 10.5. The van der Waals surface area contributed by atoms with Gasteiger partial charge in [-0.05, 0) is 18.6 Å². The van der Waals surface area contributed by atoms with E-state index in [1.54, 1.807) is 6.07 Å². The van der Waals surface area contributed by atoms with Crippen molar-refractivity contribution in [2.75, 3.05) is 11.9 Å². The van der Waals surface area contributed by atoms with Crippen molar-refractivity contribution in [3.05, 3.63) is 69.8 Å². The largest absolute Gasteiger partial charge is 0.386 e. The van der Waals surface area contributed by atoms with Gasteiger partial charge in [-0.3, -0.25) is 14.9 Å². The first-order valence-corrected chi connectivity index (χ1v) is 6.81. The van der Waals surface area contributed by atoms with Gasteiger partial charge in [-0.25, -0.2) is 0 Å². The van der Waals surface area contributed by atoms with E-state index in [0.29, 0.717) is 5.69 Å². The van der Waals surface area contributed by atoms with Crippen LogP contribution in [-0.4, -0.2) is 23.7 Å². The maximum absolute atomic E-state index is 11.7. The van der Waals surface area contributed by atoms with Crippen molar-refractivity contribution in [1.82, 2.24) is 0 Å². The van der Waals surface area contributed by atoms with Crippen molar-refractivity contribution < 1.29 is 14.6 Å². The monoisotopic (exact) mass is 313 g/mol. The summed E-state index contributed by atoms with van der Waals surface area (Å²) in [6, 6.07) is 13.3. The molecular formula is C16H15N3O4. The molecule has 1 amide bonds. The lowest BCUT2D eigenvalue weighted by Gasteiger charge is -2.03. The van der Waals surface area contributed by atoms with Crippen LogP contribution in [0.3, 0.4) is 0 Å². The van der Waals surface area contributed by atoms with Crippen LogP contribution in [0.4, 0.5) is 11.4 Å². The van der Waals surface area contributed by atoms with Crippen LogP contribution in [0.5, 0.6) is 0 Å². The number of oxime groups is 1. The number of non-ortho nitro benzene ring substituents is 1. The van der Waals surface area contributed by atoms with Gasteiger partial charge in [-0.15, -0.1) is 0 Å². The van der Waals surface area contributed by atoms with Gasteiger partial charge in [0.25, 0.3) is 11.6 Å². The Balaban J connectivity index is 1.82. The highest BCUT2D eigenvalue weighted by Crippen LogP contribution is 2.16. The summed E-state index contributed by atoms with van der Waals surface area (Å²) in [5, 5.41) is 16.9. The van der Waals surface area contributed by atoms with Crippen LogP contribution in [-0.2, 0) is 9.63 Å². The molecule has 7 nitrogen and oxygen atoms in total. The molecule has 2 aromatic carbocycles. The first kappa shape index (κ1) is 16.2. The van der Waals surface area contributed by atoms with E-state index in [4.69, 9.17) is 4.84 Å². The van der Waals surface area contributed by atoms with Crippen LogP contribution in [0.15, 0.2) is 53.7 Å². The maximum Gasteiger partial charge on any atom is 0.271 e. The third-order valence-corrected chi connectivity index (χ3v) is 2.89. The fourth-order valence-electron chi connectivity index (χ4n) is 1.74. The predicted octanol–water partition coefficient (Wildman–Crippen LogP) is 2.89. The summed E-state index contributed by atoms with van der Waals surface area (Å²) in [5.74, 6) is -0.452. The summed E-state index contributed by atoms with van der Waals surface area (Å²) in [6.07, 6.45) is 1.50. The summed E-state index contributed by atoms with van der Waals surface area (Å²) >= 11 is 0. The molecule has 0 unspecified atom stereocenters. The molecule has 0 fully saturated rings. The van der Waals surface area contributed by atoms with Gasteiger partial charge < -0.3 is 10.2 Å². The Morgan fingerprint density at radius 1 is 1.30 bits per heavy atom. The van der Waals surface area contributed by atoms with E-state index in [1.165, 1.54) is 24.4 Å². The van der Waals surface area contributed by atoms with Gasteiger partial charge in [0.05, 0.1) is 11.1 Å². The molecule has 0 radical (unpaired) electrons. The Hall–Kier alpha value is -3.22. The van der Waals surface area contributed by atoms with E-state index in [0.717, 1.165) is 11.1 Å². The molecule has 118 valence electrons. The summed E-state index contributed by atoms with van der Waals surface area (Å²) in [6.45, 7) is 1.70. The second-order valence-electron chi connectivity index (χ2n) is 4.77. The van der Waals surface area contributed by atoms with Crippen molar-refractivity contribution >= 4 is 23.5 Å². The number of nitro groups is 1. The third kappa shape index (κ3) is 5.24. The Kier molecular flexibility index (Phi) is 5.40. The number of carbonyl (C=O) groups excluding carboxylic acids is 1. The molecule has 2 aromatic rings. The maximum atomic E-state index is 11.7. The molecule has 0 aliphatic heterocycles. The zero-order chi connectivity index (χ0) is 16.7. The van der Waals surface area contributed by atoms with E-state index in [2.05, 4.69) is 10.5 Å². The van der Waals surface area contributed by atoms with Gasteiger partial charge in [0.1, 0.15) is 0 Å². The zero-order valence-electron chi connectivity index (χ0n) is 12.4. The molecule has 0 aliphatic rings. The molecule has 2 rings (SSSR count). The van der Waals surface area contributed by atoms with Crippen molar-refractivity contribution in [2.45, 2.75) is 6.92 Å². The van der Waals surface area contributed by atoms with Gasteiger partial charge in [-0.2, -0.15) is 0 Å². The van der Waals surface area contributed by atoms with E-state index >= 15 is 0 Å². The average molecular weight is 313 g/mol. The Labute approximate surface area is 132 Å². The number of amides is 1. The fourth-order valence-corrected chi connectivity index (χ4v) is 1.74. The van der Waals surface area contributed by atoms with Gasteiger partial charge >= 0.3 is 0 Å². The lowest BCUT2D eigenvalue weighted by Crippen LogP contribution is -2.17. The van der Waals surface area contributed by atoms with E-state index in [1.807, 2.05) is 31.2 Å². The Bertz CT molecular complexity index is 726. The number of carbonyl (C=O) groups is 1. The second-order valence-corrected chi connectivity index (χ2v) is 4.77. The first-order valence-electron chi connectivity index (χ1n) is 6.81. The third-order valence-electron chi connectivity index (χ3n) is 2.89. The van der Waals surface area contributed by atoms with Crippen LogP contribution in [0, 0.1) is 17.0 Å². The van der Waals surface area contributed by atoms with Gasteiger partial charge in [0.15, 0.2) is 6.61 Å². The smallest absolute Gasteiger partial charge is 0.271 e. The first-order chi connectivity index (χ1) is 11.0. The molecular weight excluding hydrogens is 298 g/mol. The van der Waals surface area contributed by atoms with Crippen molar-refractivity contribution in [2.24, 2.45) is 5.16 Å². The van der Waals surface area contributed by atoms with Crippen LogP contribution < -0.4 is 5.32 Å². The van der Waals surface area contributed by atoms with Crippen LogP contribution in [0.2, 0.25) is 0 Å². The molecule has 0 aromatic heterocycles. The molecule has 0 heterocycles. The summed E-state index contributed by atoms with van der Waals surface area (Å²) in [7, 11) is 0. The molecule has 7 heteroatoms. The van der Waals surface area contributed by atoms with Crippen molar-refractivity contribution in [3.63, 3.8) is 0 Å². The van der Waals surface area contributed by atoms with Crippen molar-refractivity contribution in [3.8, 4) is 0 Å². The molecule has 0 saturated heterocycles. The predicted molar refractivity (Wildman–Crippen MR) is 86.5 cm³/mol. The van der Waals surface area contributed by atoms with E-state index < -0.39 is 10.8 Å². The highest BCUT2D eigenvalue weighted by Gasteiger charge is 2.08. The molecule has 23 heavy (non-hydrogen) atoms. The topological polar surface area (TPSA) is 93.8 Å². The van der Waals surface area contributed by atoms with E-state index in [-0.39, 0.29) is 12.3 Å². The zero-order valence-corrected chi connectivity index (χ0v) is 12.4. The number of benzene rings is 2. The van der Waals surface area contributed by atoms with Crippen LogP contribution in [0.25, 0.3) is 0 Å². The van der Waals surface area contributed by atoms with Gasteiger partial charge in [0.2, 0.25) is 0 Å². The number of hydrogen-bond donors (Lipinski definition) is 1. The minimum absolute atomic E-state index is 0.0962. The second kappa shape index (κ2) is 7.69. The number of rotatable bonds is 6. The lowest BCUT2D eigenvalue weighted by molar-refractivity contribution is -0.384. The quantitative estimate of drug-likeness (QED) is 0.504. The Morgan fingerprint density at radius 2 is 2.04 bits per heavy atom. The molecule has 0 saturated carbocycles. The number of aryl methyl sites for hydroxylation is 1. The fraction of sp³-hybridized carbons (Fsp3) is 0.125. The molecule has 0 aliphatic carbocycles. The van der Waals surface area contributed by atoms with E-state index in [9.17, 15) is 14.9 Å². The number of hydrogen-bond acceptors (Lipinski definition) is 5. The highest BCUT2D eigenvalue weighted by atomic mass is 16.6. The van der Waals surface area contributed by atoms with Gasteiger partial charge in [0, 0.05) is 17.8 Å². The summed E-state index contributed by atoms with van der Waals surface area (Å²) in [4.78, 5) is 26.7. The average Bonchev–Trinajstić information content (AvgIpc) is 2.53. The minimum Gasteiger partial charge on any atom is -0.386 e. The number of nitrogens with one attached hydrogen (secondary N) is 1. The molecule has 0 bridgehead atoms. The van der Waals surface area contributed by atoms with Crippen LogP contribution in [0.1, 0.15) is 11.1 Å². The van der Waals surface area contributed by atoms with Crippen LogP contribution >= 0.6 is 0 Å². The highest BCUT2D eigenvalue weighted by molar-refractivity contribution is 5.92. The molecule has 0 atom stereocenters. The number of nitrogens with zero attached hydrogens (tertiary/aromatic N) is 2. The van der Waals surface area contributed by atoms with Crippen molar-refractivity contribution in [1.29, 1.82) is 0 Å². The molecule has 1 N–H and O–H groups in total. The number of nitro benzene ring substituents is 1. The Morgan fingerprint density at radius 3 is 2.74 bits per heavy atom. The van der Waals surface area contributed by atoms with Gasteiger partial charge in [-0.1, -0.05) is 41.1 Å². The summed E-state index contributed by atoms with van der Waals surface area (Å²) in [5.41, 5.74) is 2.23. The summed E-state index contributed by atoms with van der Waals surface area (Å²) < 4.78 is 0. The standard InChI is InChI=1S/C16H15N3O4/c1-12-5-7-13(8-6-12)10-17-23-11-16(20)18-14-3-2-4-15(9-14)19(21)22/h2-10H,11H2,1H3,(H,18,20)/b17-10-. The SMILES string of the molecule is Cc1ccc(/C=N\OCC(=O)Nc2cccc([N+](=O)[O-])c2)cc1. The lowest BCUT2D eigenvalue weighted by atomic mass is 10.2. The number of anilines is 1.